The molecule has 2 nitrogen and oxygen atoms in total. The molecule has 0 fully saturated rings. The van der Waals surface area contributed by atoms with Crippen molar-refractivity contribution in [3.63, 3.8) is 0 Å². The van der Waals surface area contributed by atoms with E-state index in [0.717, 1.165) is 13.1 Å². The summed E-state index contributed by atoms with van der Waals surface area (Å²) in [5.74, 6) is 0. The van der Waals surface area contributed by atoms with Gasteiger partial charge in [-0.1, -0.05) is 13.0 Å². The Morgan fingerprint density at radius 1 is 1.47 bits per heavy atom. The van der Waals surface area contributed by atoms with Gasteiger partial charge in [-0.25, -0.2) is 0 Å². The first kappa shape index (κ1) is 12.7. The fourth-order valence-electron chi connectivity index (χ4n) is 1.61. The monoisotopic (exact) mass is 226 g/mol. The molecule has 0 bridgehead atoms. The molecule has 1 rings (SSSR count). The molecule has 0 radical (unpaired) electrons. The van der Waals surface area contributed by atoms with E-state index in [0.29, 0.717) is 12.1 Å². The smallest absolute Gasteiger partial charge is 0.0413 e. The summed E-state index contributed by atoms with van der Waals surface area (Å²) in [6.45, 7) is 8.80. The average molecular weight is 226 g/mol. The Bertz CT molecular complexity index is 259. The molecule has 1 aromatic heterocycles. The molecule has 0 saturated carbocycles. The summed E-state index contributed by atoms with van der Waals surface area (Å²) in [6.07, 6.45) is 0. The van der Waals surface area contributed by atoms with Gasteiger partial charge in [-0.15, -0.1) is 11.3 Å². The van der Waals surface area contributed by atoms with E-state index in [-0.39, 0.29) is 0 Å². The van der Waals surface area contributed by atoms with Crippen LogP contribution in [0.2, 0.25) is 0 Å². The van der Waals surface area contributed by atoms with Gasteiger partial charge in [-0.2, -0.15) is 0 Å². The van der Waals surface area contributed by atoms with Crippen LogP contribution in [0, 0.1) is 0 Å². The average Bonchev–Trinajstić information content (AvgIpc) is 2.77. The second-order valence-corrected chi connectivity index (χ2v) is 4.99. The second-order valence-electron chi connectivity index (χ2n) is 4.01. The Morgan fingerprint density at radius 3 is 2.73 bits per heavy atom. The topological polar surface area (TPSA) is 15.3 Å². The Morgan fingerprint density at radius 2 is 2.20 bits per heavy atom. The van der Waals surface area contributed by atoms with Crippen LogP contribution in [0.1, 0.15) is 31.7 Å². The second kappa shape index (κ2) is 6.26. The molecule has 1 aromatic rings. The third-order valence-corrected chi connectivity index (χ3v) is 3.99. The third-order valence-electron chi connectivity index (χ3n) is 2.95. The Balaban J connectivity index is 2.48. The van der Waals surface area contributed by atoms with Gasteiger partial charge in [0.1, 0.15) is 0 Å². The number of nitrogens with one attached hydrogen (secondary N) is 1. The van der Waals surface area contributed by atoms with Gasteiger partial charge in [-0.05, 0) is 38.9 Å². The first-order valence-electron chi connectivity index (χ1n) is 5.62. The summed E-state index contributed by atoms with van der Waals surface area (Å²) in [7, 11) is 2.20. The molecule has 1 N–H and O–H groups in total. The van der Waals surface area contributed by atoms with Crippen molar-refractivity contribution < 1.29 is 0 Å². The highest BCUT2D eigenvalue weighted by molar-refractivity contribution is 7.10. The number of nitrogens with zero attached hydrogens (tertiary/aromatic N) is 1. The van der Waals surface area contributed by atoms with Crippen LogP contribution in [0.5, 0.6) is 0 Å². The number of rotatable bonds is 6. The van der Waals surface area contributed by atoms with E-state index in [1.807, 2.05) is 11.3 Å². The predicted molar refractivity (Wildman–Crippen MR) is 68.5 cm³/mol. The van der Waals surface area contributed by atoms with E-state index in [1.165, 1.54) is 4.88 Å². The molecule has 86 valence electrons. The molecule has 0 aliphatic heterocycles. The molecule has 0 spiro atoms. The standard InChI is InChI=1S/C12H22N2S/c1-5-13-9-10(2)14(4)11(3)12-7-6-8-15-12/h6-8,10-11,13H,5,9H2,1-4H3. The summed E-state index contributed by atoms with van der Waals surface area (Å²) >= 11 is 1.84. The van der Waals surface area contributed by atoms with E-state index < -0.39 is 0 Å². The number of hydrogen-bond acceptors (Lipinski definition) is 3. The molecule has 1 heterocycles. The largest absolute Gasteiger partial charge is 0.315 e. The van der Waals surface area contributed by atoms with Gasteiger partial charge in [0.05, 0.1) is 0 Å². The minimum absolute atomic E-state index is 0.513. The molecule has 15 heavy (non-hydrogen) atoms. The quantitative estimate of drug-likeness (QED) is 0.802. The molecular formula is C12H22N2S. The number of thiophene rings is 1. The van der Waals surface area contributed by atoms with Crippen molar-refractivity contribution in [3.05, 3.63) is 22.4 Å². The minimum Gasteiger partial charge on any atom is -0.315 e. The maximum atomic E-state index is 3.39. The van der Waals surface area contributed by atoms with Crippen LogP contribution in [0.15, 0.2) is 17.5 Å². The Labute approximate surface area is 97.3 Å². The summed E-state index contributed by atoms with van der Waals surface area (Å²) < 4.78 is 0. The molecule has 0 saturated heterocycles. The van der Waals surface area contributed by atoms with Crippen molar-refractivity contribution in [2.75, 3.05) is 20.1 Å². The molecule has 0 aliphatic rings. The Hall–Kier alpha value is -0.380. The van der Waals surface area contributed by atoms with Gasteiger partial charge in [0.25, 0.3) is 0 Å². The van der Waals surface area contributed by atoms with Crippen LogP contribution in [-0.4, -0.2) is 31.1 Å². The van der Waals surface area contributed by atoms with Crippen molar-refractivity contribution in [1.82, 2.24) is 10.2 Å². The lowest BCUT2D eigenvalue weighted by atomic mass is 10.2. The normalized spacial score (nSPS) is 15.5. The fourth-order valence-corrected chi connectivity index (χ4v) is 2.44. The summed E-state index contributed by atoms with van der Waals surface area (Å²) in [5, 5.41) is 5.54. The van der Waals surface area contributed by atoms with Gasteiger partial charge in [0.15, 0.2) is 0 Å². The summed E-state index contributed by atoms with van der Waals surface area (Å²) in [6, 6.07) is 5.42. The van der Waals surface area contributed by atoms with Crippen LogP contribution in [0.3, 0.4) is 0 Å². The van der Waals surface area contributed by atoms with Crippen molar-refractivity contribution in [1.29, 1.82) is 0 Å². The van der Waals surface area contributed by atoms with Gasteiger partial charge >= 0.3 is 0 Å². The number of hydrogen-bond donors (Lipinski definition) is 1. The zero-order valence-electron chi connectivity index (χ0n) is 10.2. The van der Waals surface area contributed by atoms with Gasteiger partial charge < -0.3 is 5.32 Å². The predicted octanol–water partition coefficient (Wildman–Crippen LogP) is 2.74. The van der Waals surface area contributed by atoms with Crippen LogP contribution < -0.4 is 5.32 Å². The van der Waals surface area contributed by atoms with E-state index in [4.69, 9.17) is 0 Å². The third kappa shape index (κ3) is 3.59. The first-order chi connectivity index (χ1) is 7.16. The van der Waals surface area contributed by atoms with Crippen LogP contribution >= 0.6 is 11.3 Å². The first-order valence-corrected chi connectivity index (χ1v) is 6.50. The van der Waals surface area contributed by atoms with Crippen molar-refractivity contribution in [2.45, 2.75) is 32.9 Å². The highest BCUT2D eigenvalue weighted by atomic mass is 32.1. The molecule has 0 amide bonds. The summed E-state index contributed by atoms with van der Waals surface area (Å²) in [4.78, 5) is 3.87. The SMILES string of the molecule is CCNCC(C)N(C)C(C)c1cccs1. The van der Waals surface area contributed by atoms with Crippen molar-refractivity contribution in [2.24, 2.45) is 0 Å². The van der Waals surface area contributed by atoms with Gasteiger partial charge in [0.2, 0.25) is 0 Å². The maximum Gasteiger partial charge on any atom is 0.0413 e. The highest BCUT2D eigenvalue weighted by Gasteiger charge is 2.17. The molecule has 0 aliphatic carbocycles. The number of likely N-dealkylation sites (N-methyl/N-ethyl adjacent to an activating group) is 2. The van der Waals surface area contributed by atoms with E-state index in [1.54, 1.807) is 0 Å². The minimum atomic E-state index is 0.513. The van der Waals surface area contributed by atoms with Crippen LogP contribution in [-0.2, 0) is 0 Å². The van der Waals surface area contributed by atoms with Crippen LogP contribution in [0.25, 0.3) is 0 Å². The fraction of sp³-hybridized carbons (Fsp3) is 0.667. The van der Waals surface area contributed by atoms with Gasteiger partial charge in [-0.3, -0.25) is 4.90 Å². The lowest BCUT2D eigenvalue weighted by molar-refractivity contribution is 0.196. The van der Waals surface area contributed by atoms with E-state index >= 15 is 0 Å². The van der Waals surface area contributed by atoms with Gasteiger partial charge in [0, 0.05) is 23.5 Å². The molecular weight excluding hydrogens is 204 g/mol. The lowest BCUT2D eigenvalue weighted by Crippen LogP contribution is -2.39. The summed E-state index contributed by atoms with van der Waals surface area (Å²) in [5.41, 5.74) is 0. The highest BCUT2D eigenvalue weighted by Crippen LogP contribution is 2.24. The Kier molecular flexibility index (Phi) is 5.29. The molecule has 2 unspecified atom stereocenters. The zero-order valence-corrected chi connectivity index (χ0v) is 11.0. The molecule has 3 heteroatoms. The zero-order chi connectivity index (χ0) is 11.3. The van der Waals surface area contributed by atoms with E-state index in [2.05, 4.69) is 55.5 Å². The van der Waals surface area contributed by atoms with E-state index in [9.17, 15) is 0 Å². The van der Waals surface area contributed by atoms with Crippen molar-refractivity contribution in [3.8, 4) is 0 Å². The lowest BCUT2D eigenvalue weighted by Gasteiger charge is -2.30. The maximum absolute atomic E-state index is 3.39. The molecule has 0 aromatic carbocycles. The molecule has 2 atom stereocenters. The van der Waals surface area contributed by atoms with Crippen LogP contribution in [0.4, 0.5) is 0 Å². The van der Waals surface area contributed by atoms with Crippen molar-refractivity contribution >= 4 is 11.3 Å².